The third-order valence-electron chi connectivity index (χ3n) is 5.62. The molecule has 30 heavy (non-hydrogen) atoms. The molecular formula is C22H29ClFN5S. The Morgan fingerprint density at radius 3 is 2.93 bits per heavy atom. The van der Waals surface area contributed by atoms with Crippen molar-refractivity contribution in [3.05, 3.63) is 53.5 Å². The van der Waals surface area contributed by atoms with Gasteiger partial charge < -0.3 is 14.9 Å². The molecule has 0 fully saturated rings. The number of H-pyrrole nitrogens is 1. The fourth-order valence-corrected chi connectivity index (χ4v) is 4.91. The average molecular weight is 450 g/mol. The van der Waals surface area contributed by atoms with E-state index in [0.717, 1.165) is 67.6 Å². The first-order valence-corrected chi connectivity index (χ1v) is 11.4. The second kappa shape index (κ2) is 11.0. The van der Waals surface area contributed by atoms with Gasteiger partial charge in [-0.1, -0.05) is 17.8 Å². The number of benzene rings is 1. The number of fused-ring (bicyclic) bond motifs is 1. The van der Waals surface area contributed by atoms with Crippen molar-refractivity contribution in [2.24, 2.45) is 7.05 Å². The highest BCUT2D eigenvalue weighted by molar-refractivity contribution is 7.99. The minimum absolute atomic E-state index is 0. The Labute approximate surface area is 187 Å². The minimum atomic E-state index is -0.103. The van der Waals surface area contributed by atoms with Crippen LogP contribution in [-0.2, 0) is 13.5 Å². The lowest BCUT2D eigenvalue weighted by molar-refractivity contribution is 0.549. The van der Waals surface area contributed by atoms with Crippen molar-refractivity contribution >= 4 is 24.2 Å². The number of hydrogen-bond acceptors (Lipinski definition) is 4. The molecule has 1 atom stereocenters. The van der Waals surface area contributed by atoms with Crippen LogP contribution in [0.2, 0.25) is 0 Å². The van der Waals surface area contributed by atoms with Gasteiger partial charge in [-0.2, -0.15) is 0 Å². The largest absolute Gasteiger partial charge is 0.359 e. The Morgan fingerprint density at radius 1 is 1.23 bits per heavy atom. The van der Waals surface area contributed by atoms with E-state index in [1.54, 1.807) is 23.9 Å². The number of aryl methyl sites for hydroxylation is 1. The van der Waals surface area contributed by atoms with E-state index in [0.29, 0.717) is 5.92 Å². The molecule has 0 bridgehead atoms. The molecule has 4 rings (SSSR count). The maximum atomic E-state index is 13.5. The van der Waals surface area contributed by atoms with E-state index >= 15 is 0 Å². The number of halogens is 2. The van der Waals surface area contributed by atoms with Crippen LogP contribution in [0.15, 0.2) is 41.7 Å². The summed E-state index contributed by atoms with van der Waals surface area (Å²) in [7, 11) is 2.00. The number of nitrogens with zero attached hydrogens (tertiary/aromatic N) is 3. The number of thioether (sulfide) groups is 1. The van der Waals surface area contributed by atoms with Crippen molar-refractivity contribution in [3.8, 4) is 11.5 Å². The Morgan fingerprint density at radius 2 is 2.10 bits per heavy atom. The van der Waals surface area contributed by atoms with Gasteiger partial charge in [-0.25, -0.2) is 4.39 Å². The second-order valence-corrected chi connectivity index (χ2v) is 8.68. The van der Waals surface area contributed by atoms with Crippen molar-refractivity contribution < 1.29 is 4.39 Å². The normalized spacial score (nSPS) is 15.2. The molecule has 0 saturated heterocycles. The third-order valence-corrected chi connectivity index (χ3v) is 6.73. The third kappa shape index (κ3) is 5.45. The number of rotatable bonds is 10. The van der Waals surface area contributed by atoms with Gasteiger partial charge in [0.05, 0.1) is 5.69 Å². The quantitative estimate of drug-likeness (QED) is 0.339. The molecule has 8 heteroatoms. The zero-order chi connectivity index (χ0) is 20.1. The first-order chi connectivity index (χ1) is 14.2. The fraction of sp³-hybridized carbons (Fsp3) is 0.455. The summed E-state index contributed by atoms with van der Waals surface area (Å²) in [6, 6.07) is 9.25. The van der Waals surface area contributed by atoms with Gasteiger partial charge in [0.25, 0.3) is 0 Å². The molecule has 0 aliphatic heterocycles. The van der Waals surface area contributed by atoms with Gasteiger partial charge >= 0.3 is 0 Å². The molecule has 2 heterocycles. The Kier molecular flexibility index (Phi) is 8.36. The molecule has 0 spiro atoms. The maximum Gasteiger partial charge on any atom is 0.191 e. The Balaban J connectivity index is 0.00000256. The van der Waals surface area contributed by atoms with E-state index in [2.05, 4.69) is 20.5 Å². The molecule has 2 aromatic heterocycles. The maximum absolute atomic E-state index is 13.5. The summed E-state index contributed by atoms with van der Waals surface area (Å²) in [5.41, 5.74) is 3.56. The number of aromatic nitrogens is 4. The molecule has 1 unspecified atom stereocenters. The van der Waals surface area contributed by atoms with Crippen molar-refractivity contribution in [1.29, 1.82) is 0 Å². The van der Waals surface area contributed by atoms with Gasteiger partial charge in [0.2, 0.25) is 0 Å². The van der Waals surface area contributed by atoms with Crippen LogP contribution in [0.4, 0.5) is 4.39 Å². The van der Waals surface area contributed by atoms with E-state index in [9.17, 15) is 4.39 Å². The van der Waals surface area contributed by atoms with Crippen LogP contribution in [0.25, 0.3) is 11.5 Å². The highest BCUT2D eigenvalue weighted by Crippen LogP contribution is 2.36. The summed E-state index contributed by atoms with van der Waals surface area (Å²) in [4.78, 5) is 3.17. The molecule has 1 aromatic carbocycles. The minimum Gasteiger partial charge on any atom is -0.359 e. The van der Waals surface area contributed by atoms with Crippen LogP contribution >= 0.6 is 24.2 Å². The predicted molar refractivity (Wildman–Crippen MR) is 123 cm³/mol. The molecule has 0 amide bonds. The summed E-state index contributed by atoms with van der Waals surface area (Å²) in [6.45, 7) is 2.02. The molecule has 1 aliphatic rings. The summed E-state index contributed by atoms with van der Waals surface area (Å²) < 4.78 is 15.5. The summed E-state index contributed by atoms with van der Waals surface area (Å²) in [6.07, 6.45) is 7.52. The lowest BCUT2D eigenvalue weighted by Gasteiger charge is -2.12. The second-order valence-electron chi connectivity index (χ2n) is 7.62. The van der Waals surface area contributed by atoms with Crippen LogP contribution in [0.1, 0.15) is 42.7 Å². The van der Waals surface area contributed by atoms with E-state index in [1.165, 1.54) is 11.1 Å². The van der Waals surface area contributed by atoms with Crippen molar-refractivity contribution in [3.63, 3.8) is 0 Å². The number of aromatic amines is 1. The molecule has 0 saturated carbocycles. The summed E-state index contributed by atoms with van der Waals surface area (Å²) >= 11 is 1.74. The van der Waals surface area contributed by atoms with Gasteiger partial charge in [-0.15, -0.1) is 22.6 Å². The standard InChI is InChI=1S/C22H28FN5S.ClH/c1-28-21(20-6-3-13-25-20)26-27-22(28)29-14-4-12-24-11-2-5-16-7-8-17-9-10-18(23)15-19(16)17;/h3,6,9-10,13,15-16,24-25H,2,4-5,7-8,11-12,14H2,1H3;1H. The van der Waals surface area contributed by atoms with Crippen molar-refractivity contribution in [2.75, 3.05) is 18.8 Å². The van der Waals surface area contributed by atoms with Gasteiger partial charge in [-0.3, -0.25) is 0 Å². The SMILES string of the molecule is Cl.Cn1c(SCCCNCCCC2CCc3ccc(F)cc32)nnc1-c1ccc[nH]1. The topological polar surface area (TPSA) is 58.5 Å². The number of nitrogens with one attached hydrogen (secondary N) is 2. The smallest absolute Gasteiger partial charge is 0.191 e. The van der Waals surface area contributed by atoms with E-state index in [-0.39, 0.29) is 18.2 Å². The summed E-state index contributed by atoms with van der Waals surface area (Å²) in [5, 5.41) is 13.1. The first-order valence-electron chi connectivity index (χ1n) is 10.4. The fourth-order valence-electron chi connectivity index (χ4n) is 4.06. The molecule has 5 nitrogen and oxygen atoms in total. The summed E-state index contributed by atoms with van der Waals surface area (Å²) in [5.74, 6) is 2.31. The van der Waals surface area contributed by atoms with Crippen LogP contribution < -0.4 is 5.32 Å². The van der Waals surface area contributed by atoms with Crippen LogP contribution in [-0.4, -0.2) is 38.6 Å². The molecule has 2 N–H and O–H groups in total. The highest BCUT2D eigenvalue weighted by atomic mass is 35.5. The molecule has 1 aliphatic carbocycles. The predicted octanol–water partition coefficient (Wildman–Crippen LogP) is 4.95. The lowest BCUT2D eigenvalue weighted by Crippen LogP contribution is -2.17. The average Bonchev–Trinajstić information content (AvgIpc) is 3.45. The molecule has 0 radical (unpaired) electrons. The van der Waals surface area contributed by atoms with E-state index in [4.69, 9.17) is 0 Å². The monoisotopic (exact) mass is 449 g/mol. The van der Waals surface area contributed by atoms with E-state index in [1.807, 2.05) is 36.0 Å². The highest BCUT2D eigenvalue weighted by Gasteiger charge is 2.22. The number of hydrogen-bond donors (Lipinski definition) is 2. The molecular weight excluding hydrogens is 421 g/mol. The lowest BCUT2D eigenvalue weighted by atomic mass is 9.96. The van der Waals surface area contributed by atoms with Crippen LogP contribution in [0, 0.1) is 5.82 Å². The van der Waals surface area contributed by atoms with Gasteiger partial charge in [0, 0.05) is 19.0 Å². The Hall–Kier alpha value is -1.83. The first kappa shape index (κ1) is 22.8. The van der Waals surface area contributed by atoms with Gasteiger partial charge in [-0.05, 0) is 86.5 Å². The zero-order valence-electron chi connectivity index (χ0n) is 17.2. The molecule has 162 valence electrons. The zero-order valence-corrected chi connectivity index (χ0v) is 18.9. The van der Waals surface area contributed by atoms with Crippen molar-refractivity contribution in [1.82, 2.24) is 25.1 Å². The van der Waals surface area contributed by atoms with Gasteiger partial charge in [0.1, 0.15) is 5.82 Å². The van der Waals surface area contributed by atoms with Gasteiger partial charge in [0.15, 0.2) is 11.0 Å². The van der Waals surface area contributed by atoms with Crippen LogP contribution in [0.3, 0.4) is 0 Å². The molecule has 3 aromatic rings. The van der Waals surface area contributed by atoms with Crippen LogP contribution in [0.5, 0.6) is 0 Å². The Bertz CT molecular complexity index is 928. The van der Waals surface area contributed by atoms with E-state index < -0.39 is 0 Å². The van der Waals surface area contributed by atoms with Crippen molar-refractivity contribution in [2.45, 2.75) is 43.2 Å².